The van der Waals surface area contributed by atoms with Gasteiger partial charge in [0.25, 0.3) is 0 Å². The highest BCUT2D eigenvalue weighted by Gasteiger charge is 2.04. The van der Waals surface area contributed by atoms with E-state index in [1.807, 2.05) is 42.5 Å². The van der Waals surface area contributed by atoms with Crippen molar-refractivity contribution in [3.05, 3.63) is 71.3 Å². The highest BCUT2D eigenvalue weighted by molar-refractivity contribution is 5.36. The third-order valence-corrected chi connectivity index (χ3v) is 3.06. The van der Waals surface area contributed by atoms with Gasteiger partial charge in [-0.2, -0.15) is 0 Å². The molecule has 2 nitrogen and oxygen atoms in total. The molecule has 0 aliphatic rings. The van der Waals surface area contributed by atoms with Gasteiger partial charge in [0.2, 0.25) is 0 Å². The maximum atomic E-state index is 5.88. The second-order valence-electron chi connectivity index (χ2n) is 4.57. The molecule has 0 amide bonds. The summed E-state index contributed by atoms with van der Waals surface area (Å²) in [5.41, 5.74) is 8.67. The zero-order valence-corrected chi connectivity index (χ0v) is 11.7. The lowest BCUT2D eigenvalue weighted by molar-refractivity contribution is 0.0525. The van der Waals surface area contributed by atoms with E-state index in [0.717, 1.165) is 11.1 Å². The van der Waals surface area contributed by atoms with Crippen molar-refractivity contribution in [2.45, 2.75) is 19.6 Å². The molecule has 1 unspecified atom stereocenters. The average Bonchev–Trinajstić information content (AvgIpc) is 2.52. The van der Waals surface area contributed by atoms with Gasteiger partial charge in [-0.1, -0.05) is 54.3 Å². The predicted octanol–water partition coefficient (Wildman–Crippen LogP) is 3.27. The van der Waals surface area contributed by atoms with Crippen LogP contribution in [0.25, 0.3) is 0 Å². The van der Waals surface area contributed by atoms with E-state index in [9.17, 15) is 0 Å². The molecule has 2 heteroatoms. The van der Waals surface area contributed by atoms with Crippen LogP contribution in [-0.4, -0.2) is 6.54 Å². The Labute approximate surface area is 120 Å². The summed E-state index contributed by atoms with van der Waals surface area (Å²) in [6, 6.07) is 18.3. The summed E-state index contributed by atoms with van der Waals surface area (Å²) in [4.78, 5) is 0. The Morgan fingerprint density at radius 2 is 1.75 bits per heavy atom. The fourth-order valence-electron chi connectivity index (χ4n) is 1.88. The molecule has 0 fully saturated rings. The molecule has 0 aliphatic heterocycles. The predicted molar refractivity (Wildman–Crippen MR) is 82.0 cm³/mol. The molecule has 1 atom stereocenters. The Morgan fingerprint density at radius 1 is 1.05 bits per heavy atom. The minimum atomic E-state index is 0.0907. The van der Waals surface area contributed by atoms with Crippen molar-refractivity contribution >= 4 is 0 Å². The van der Waals surface area contributed by atoms with Crippen LogP contribution in [0.4, 0.5) is 0 Å². The van der Waals surface area contributed by atoms with E-state index < -0.39 is 0 Å². The van der Waals surface area contributed by atoms with Gasteiger partial charge in [-0.05, 0) is 30.2 Å². The lowest BCUT2D eigenvalue weighted by Gasteiger charge is -2.13. The van der Waals surface area contributed by atoms with Gasteiger partial charge in [0.15, 0.2) is 0 Å². The molecule has 0 heterocycles. The van der Waals surface area contributed by atoms with Crippen molar-refractivity contribution in [2.24, 2.45) is 5.73 Å². The lowest BCUT2D eigenvalue weighted by atomic mass is 10.1. The molecule has 0 spiro atoms. The van der Waals surface area contributed by atoms with Gasteiger partial charge < -0.3 is 10.5 Å². The lowest BCUT2D eigenvalue weighted by Crippen LogP contribution is -2.00. The van der Waals surface area contributed by atoms with E-state index in [2.05, 4.69) is 30.9 Å². The molecule has 0 aromatic heterocycles. The van der Waals surface area contributed by atoms with Crippen molar-refractivity contribution in [1.29, 1.82) is 0 Å². The quantitative estimate of drug-likeness (QED) is 0.861. The summed E-state index contributed by atoms with van der Waals surface area (Å²) in [5, 5.41) is 0. The minimum absolute atomic E-state index is 0.0907. The van der Waals surface area contributed by atoms with Gasteiger partial charge in [-0.3, -0.25) is 0 Å². The average molecular weight is 265 g/mol. The van der Waals surface area contributed by atoms with E-state index in [1.165, 1.54) is 5.56 Å². The van der Waals surface area contributed by atoms with Crippen LogP contribution in [0, 0.1) is 11.8 Å². The van der Waals surface area contributed by atoms with Crippen LogP contribution >= 0.6 is 0 Å². The van der Waals surface area contributed by atoms with Crippen molar-refractivity contribution < 1.29 is 4.74 Å². The summed E-state index contributed by atoms with van der Waals surface area (Å²) in [6.45, 7) is 3.05. The molecule has 20 heavy (non-hydrogen) atoms. The minimum Gasteiger partial charge on any atom is -0.369 e. The van der Waals surface area contributed by atoms with Crippen molar-refractivity contribution in [3.63, 3.8) is 0 Å². The van der Waals surface area contributed by atoms with Gasteiger partial charge in [0.05, 0.1) is 19.3 Å². The fraction of sp³-hybridized carbons (Fsp3) is 0.222. The van der Waals surface area contributed by atoms with Crippen LogP contribution in [0.1, 0.15) is 29.7 Å². The summed E-state index contributed by atoms with van der Waals surface area (Å²) >= 11 is 0. The van der Waals surface area contributed by atoms with Gasteiger partial charge in [-0.25, -0.2) is 0 Å². The van der Waals surface area contributed by atoms with Crippen LogP contribution in [0.15, 0.2) is 54.6 Å². The molecule has 0 radical (unpaired) electrons. The fourth-order valence-corrected chi connectivity index (χ4v) is 1.88. The Hall–Kier alpha value is -2.08. The van der Waals surface area contributed by atoms with Crippen LogP contribution in [0.3, 0.4) is 0 Å². The molecule has 0 saturated carbocycles. The maximum Gasteiger partial charge on any atom is 0.0801 e. The Kier molecular flexibility index (Phi) is 5.37. The van der Waals surface area contributed by atoms with Crippen LogP contribution in [-0.2, 0) is 11.3 Å². The molecule has 2 aromatic rings. The zero-order chi connectivity index (χ0) is 14.2. The van der Waals surface area contributed by atoms with Crippen molar-refractivity contribution in [3.8, 4) is 11.8 Å². The van der Waals surface area contributed by atoms with Crippen LogP contribution in [0.2, 0.25) is 0 Å². The first-order chi connectivity index (χ1) is 9.79. The number of hydrogen-bond donors (Lipinski definition) is 1. The zero-order valence-electron chi connectivity index (χ0n) is 11.7. The van der Waals surface area contributed by atoms with Crippen LogP contribution in [0.5, 0.6) is 0 Å². The molecule has 0 saturated heterocycles. The largest absolute Gasteiger partial charge is 0.369 e. The monoisotopic (exact) mass is 265 g/mol. The summed E-state index contributed by atoms with van der Waals surface area (Å²) in [6.07, 6.45) is 0.0907. The van der Waals surface area contributed by atoms with Crippen molar-refractivity contribution in [1.82, 2.24) is 0 Å². The van der Waals surface area contributed by atoms with Gasteiger partial charge >= 0.3 is 0 Å². The maximum absolute atomic E-state index is 5.88. The summed E-state index contributed by atoms with van der Waals surface area (Å²) in [5.74, 6) is 5.85. The van der Waals surface area contributed by atoms with E-state index in [1.54, 1.807) is 0 Å². The molecule has 2 aromatic carbocycles. The van der Waals surface area contributed by atoms with E-state index >= 15 is 0 Å². The van der Waals surface area contributed by atoms with Gasteiger partial charge in [-0.15, -0.1) is 0 Å². The number of benzene rings is 2. The number of hydrogen-bond acceptors (Lipinski definition) is 2. The normalized spacial score (nSPS) is 11.5. The number of rotatable bonds is 4. The molecule has 2 N–H and O–H groups in total. The Balaban J connectivity index is 1.91. The van der Waals surface area contributed by atoms with Crippen molar-refractivity contribution in [2.75, 3.05) is 6.54 Å². The standard InChI is InChI=1S/C18H19NO/c1-15(18-7-3-2-4-8-18)20-14-17-11-9-16(10-12-17)6-5-13-19/h2-4,7-12,15H,13-14,19H2,1H3. The van der Waals surface area contributed by atoms with E-state index in [0.29, 0.717) is 13.2 Å². The molecular formula is C18H19NO. The molecule has 2 rings (SSSR count). The molecule has 102 valence electrons. The Bertz CT molecular complexity index is 578. The Morgan fingerprint density at radius 3 is 2.40 bits per heavy atom. The first kappa shape index (κ1) is 14.3. The second-order valence-corrected chi connectivity index (χ2v) is 4.57. The first-order valence-electron chi connectivity index (χ1n) is 6.74. The SMILES string of the molecule is CC(OCc1ccc(C#CCN)cc1)c1ccccc1. The number of ether oxygens (including phenoxy) is 1. The van der Waals surface area contributed by atoms with E-state index in [-0.39, 0.29) is 6.10 Å². The van der Waals surface area contributed by atoms with Crippen LogP contribution < -0.4 is 5.73 Å². The third-order valence-electron chi connectivity index (χ3n) is 3.06. The highest BCUT2D eigenvalue weighted by Crippen LogP contribution is 2.18. The number of nitrogens with two attached hydrogens (primary N) is 1. The smallest absolute Gasteiger partial charge is 0.0801 e. The molecular weight excluding hydrogens is 246 g/mol. The topological polar surface area (TPSA) is 35.2 Å². The molecule has 0 bridgehead atoms. The highest BCUT2D eigenvalue weighted by atomic mass is 16.5. The van der Waals surface area contributed by atoms with E-state index in [4.69, 9.17) is 10.5 Å². The second kappa shape index (κ2) is 7.49. The third kappa shape index (κ3) is 4.24. The summed E-state index contributed by atoms with van der Waals surface area (Å²) in [7, 11) is 0. The van der Waals surface area contributed by atoms with Gasteiger partial charge in [0.1, 0.15) is 0 Å². The first-order valence-corrected chi connectivity index (χ1v) is 6.74. The summed E-state index contributed by atoms with van der Waals surface area (Å²) < 4.78 is 5.88. The van der Waals surface area contributed by atoms with Gasteiger partial charge in [0, 0.05) is 5.56 Å². The molecule has 0 aliphatic carbocycles.